The molecular formula is C16H13ClN2O2. The van der Waals surface area contributed by atoms with Crippen molar-refractivity contribution in [3.8, 4) is 11.8 Å². The van der Waals surface area contributed by atoms with E-state index >= 15 is 0 Å². The Labute approximate surface area is 127 Å². The van der Waals surface area contributed by atoms with Gasteiger partial charge in [0.1, 0.15) is 17.5 Å². The molecule has 0 bridgehead atoms. The lowest BCUT2D eigenvalue weighted by Crippen LogP contribution is -2.13. The first-order valence-corrected chi connectivity index (χ1v) is 6.59. The topological polar surface area (TPSA) is 62.1 Å². The van der Waals surface area contributed by atoms with Crippen LogP contribution < -0.4 is 10.1 Å². The maximum atomic E-state index is 12.3. The number of nitriles is 1. The van der Waals surface area contributed by atoms with E-state index in [1.807, 2.05) is 13.0 Å². The Balaban J connectivity index is 2.36. The van der Waals surface area contributed by atoms with Gasteiger partial charge in [0.05, 0.1) is 12.7 Å². The number of ether oxygens (including phenoxy) is 1. The molecule has 0 aliphatic carbocycles. The second-order valence-corrected chi connectivity index (χ2v) is 4.82. The average Bonchev–Trinajstić information content (AvgIpc) is 2.50. The molecule has 0 aliphatic heterocycles. The summed E-state index contributed by atoms with van der Waals surface area (Å²) >= 11 is 6.02. The van der Waals surface area contributed by atoms with Gasteiger partial charge in [0, 0.05) is 10.6 Å². The number of methoxy groups -OCH3 is 1. The number of amides is 1. The number of carbonyl (C=O) groups excluding carboxylic acids is 1. The van der Waals surface area contributed by atoms with Gasteiger partial charge in [-0.25, -0.2) is 0 Å². The Hall–Kier alpha value is -2.51. The van der Waals surface area contributed by atoms with Crippen molar-refractivity contribution < 1.29 is 9.53 Å². The fourth-order valence-corrected chi connectivity index (χ4v) is 2.02. The third-order valence-electron chi connectivity index (χ3n) is 3.04. The number of hydrogen-bond acceptors (Lipinski definition) is 3. The van der Waals surface area contributed by atoms with E-state index in [0.29, 0.717) is 27.6 Å². The molecule has 0 radical (unpaired) electrons. The molecule has 2 aromatic carbocycles. The average molecular weight is 301 g/mol. The van der Waals surface area contributed by atoms with E-state index in [4.69, 9.17) is 21.6 Å². The number of para-hydroxylation sites is 1. The summed E-state index contributed by atoms with van der Waals surface area (Å²) < 4.78 is 5.18. The fourth-order valence-electron chi connectivity index (χ4n) is 1.84. The van der Waals surface area contributed by atoms with Crippen molar-refractivity contribution in [3.63, 3.8) is 0 Å². The molecule has 0 aliphatic rings. The van der Waals surface area contributed by atoms with Crippen molar-refractivity contribution in [2.75, 3.05) is 12.4 Å². The fraction of sp³-hybridized carbons (Fsp3) is 0.125. The molecule has 0 unspecified atom stereocenters. The second kappa shape index (κ2) is 6.29. The number of hydrogen-bond donors (Lipinski definition) is 1. The van der Waals surface area contributed by atoms with Crippen LogP contribution in [-0.4, -0.2) is 13.0 Å². The van der Waals surface area contributed by atoms with Gasteiger partial charge in [0.2, 0.25) is 0 Å². The van der Waals surface area contributed by atoms with Gasteiger partial charge in [-0.05, 0) is 36.8 Å². The number of rotatable bonds is 3. The van der Waals surface area contributed by atoms with Gasteiger partial charge in [-0.1, -0.05) is 23.7 Å². The van der Waals surface area contributed by atoms with Gasteiger partial charge in [-0.15, -0.1) is 0 Å². The second-order valence-electron chi connectivity index (χ2n) is 4.41. The third kappa shape index (κ3) is 3.15. The van der Waals surface area contributed by atoms with Crippen LogP contribution in [0.2, 0.25) is 5.02 Å². The lowest BCUT2D eigenvalue weighted by Gasteiger charge is -2.12. The van der Waals surface area contributed by atoms with Crippen molar-refractivity contribution in [2.45, 2.75) is 6.92 Å². The summed E-state index contributed by atoms with van der Waals surface area (Å²) in [5.41, 5.74) is 1.99. The van der Waals surface area contributed by atoms with Crippen LogP contribution in [0.4, 0.5) is 5.69 Å². The Morgan fingerprint density at radius 1 is 1.33 bits per heavy atom. The van der Waals surface area contributed by atoms with Crippen LogP contribution in [-0.2, 0) is 0 Å². The maximum Gasteiger partial charge on any atom is 0.255 e. The van der Waals surface area contributed by atoms with Crippen molar-refractivity contribution in [1.29, 1.82) is 5.26 Å². The summed E-state index contributed by atoms with van der Waals surface area (Å²) in [6, 6.07) is 12.0. The summed E-state index contributed by atoms with van der Waals surface area (Å²) in [5.74, 6) is 0.0820. The van der Waals surface area contributed by atoms with E-state index < -0.39 is 0 Å². The number of nitrogens with zero attached hydrogens (tertiary/aromatic N) is 1. The molecule has 0 fully saturated rings. The molecule has 5 heteroatoms. The minimum Gasteiger partial charge on any atom is -0.495 e. The molecule has 0 spiro atoms. The maximum absolute atomic E-state index is 12.3. The Kier molecular flexibility index (Phi) is 4.46. The van der Waals surface area contributed by atoms with E-state index in [2.05, 4.69) is 5.32 Å². The summed E-state index contributed by atoms with van der Waals surface area (Å²) in [7, 11) is 1.48. The molecule has 2 aromatic rings. The highest BCUT2D eigenvalue weighted by atomic mass is 35.5. The predicted octanol–water partition coefficient (Wildman–Crippen LogP) is 3.78. The Bertz CT molecular complexity index is 736. The van der Waals surface area contributed by atoms with Crippen LogP contribution in [0.3, 0.4) is 0 Å². The molecule has 0 aromatic heterocycles. The molecule has 21 heavy (non-hydrogen) atoms. The zero-order valence-electron chi connectivity index (χ0n) is 11.6. The van der Waals surface area contributed by atoms with Crippen LogP contribution in [0.25, 0.3) is 0 Å². The monoisotopic (exact) mass is 300 g/mol. The minimum atomic E-state index is -0.349. The number of aryl methyl sites for hydroxylation is 1. The third-order valence-corrected chi connectivity index (χ3v) is 3.45. The molecule has 4 nitrogen and oxygen atoms in total. The number of nitrogens with one attached hydrogen (secondary N) is 1. The SMILES string of the molecule is COc1cccc(C#N)c1NC(=O)c1ccc(C)c(Cl)c1. The van der Waals surface area contributed by atoms with E-state index in [9.17, 15) is 4.79 Å². The molecule has 0 atom stereocenters. The van der Waals surface area contributed by atoms with Crippen LogP contribution in [0.5, 0.6) is 5.75 Å². The number of benzene rings is 2. The van der Waals surface area contributed by atoms with Crippen molar-refractivity contribution in [1.82, 2.24) is 0 Å². The van der Waals surface area contributed by atoms with E-state index in [-0.39, 0.29) is 5.91 Å². The smallest absolute Gasteiger partial charge is 0.255 e. The van der Waals surface area contributed by atoms with E-state index in [1.165, 1.54) is 7.11 Å². The molecular weight excluding hydrogens is 288 g/mol. The highest BCUT2D eigenvalue weighted by Gasteiger charge is 2.14. The number of carbonyl (C=O) groups is 1. The molecule has 0 saturated heterocycles. The Morgan fingerprint density at radius 3 is 2.71 bits per heavy atom. The van der Waals surface area contributed by atoms with Gasteiger partial charge >= 0.3 is 0 Å². The van der Waals surface area contributed by atoms with Crippen LogP contribution in [0, 0.1) is 18.3 Å². The lowest BCUT2D eigenvalue weighted by atomic mass is 10.1. The van der Waals surface area contributed by atoms with Gasteiger partial charge in [-0.2, -0.15) is 5.26 Å². The van der Waals surface area contributed by atoms with E-state index in [1.54, 1.807) is 36.4 Å². The van der Waals surface area contributed by atoms with Crippen LogP contribution in [0.1, 0.15) is 21.5 Å². The Morgan fingerprint density at radius 2 is 2.10 bits per heavy atom. The van der Waals surface area contributed by atoms with Gasteiger partial charge in [0.15, 0.2) is 0 Å². The molecule has 106 valence electrons. The number of anilines is 1. The molecule has 2 rings (SSSR count). The highest BCUT2D eigenvalue weighted by molar-refractivity contribution is 6.31. The zero-order chi connectivity index (χ0) is 15.4. The predicted molar refractivity (Wildman–Crippen MR) is 81.9 cm³/mol. The molecule has 0 heterocycles. The quantitative estimate of drug-likeness (QED) is 0.938. The summed E-state index contributed by atoms with van der Waals surface area (Å²) in [6.07, 6.45) is 0. The molecule has 0 saturated carbocycles. The van der Waals surface area contributed by atoms with Crippen LogP contribution >= 0.6 is 11.6 Å². The first-order chi connectivity index (χ1) is 10.1. The first kappa shape index (κ1) is 14.9. The lowest BCUT2D eigenvalue weighted by molar-refractivity contribution is 0.102. The highest BCUT2D eigenvalue weighted by Crippen LogP contribution is 2.28. The molecule has 1 N–H and O–H groups in total. The van der Waals surface area contributed by atoms with Gasteiger partial charge in [-0.3, -0.25) is 4.79 Å². The largest absolute Gasteiger partial charge is 0.495 e. The van der Waals surface area contributed by atoms with Gasteiger partial charge < -0.3 is 10.1 Å². The summed E-state index contributed by atoms with van der Waals surface area (Å²) in [5, 5.41) is 12.3. The molecule has 1 amide bonds. The normalized spacial score (nSPS) is 9.81. The summed E-state index contributed by atoms with van der Waals surface area (Å²) in [6.45, 7) is 1.86. The zero-order valence-corrected chi connectivity index (χ0v) is 12.4. The van der Waals surface area contributed by atoms with Crippen molar-refractivity contribution in [3.05, 3.63) is 58.1 Å². The minimum absolute atomic E-state index is 0.334. The number of halogens is 1. The standard InChI is InChI=1S/C16H13ClN2O2/c1-10-6-7-11(8-13(10)17)16(20)19-15-12(9-18)4-3-5-14(15)21-2/h3-8H,1-2H3,(H,19,20). The first-order valence-electron chi connectivity index (χ1n) is 6.21. The van der Waals surface area contributed by atoms with Crippen molar-refractivity contribution >= 4 is 23.2 Å². The van der Waals surface area contributed by atoms with Crippen LogP contribution in [0.15, 0.2) is 36.4 Å². The van der Waals surface area contributed by atoms with E-state index in [0.717, 1.165) is 5.56 Å². The van der Waals surface area contributed by atoms with Gasteiger partial charge in [0.25, 0.3) is 5.91 Å². The summed E-state index contributed by atoms with van der Waals surface area (Å²) in [4.78, 5) is 12.3. The van der Waals surface area contributed by atoms with Crippen molar-refractivity contribution in [2.24, 2.45) is 0 Å².